The summed E-state index contributed by atoms with van der Waals surface area (Å²) in [6, 6.07) is 9.64. The average molecular weight is 554 g/mol. The fourth-order valence-corrected chi connectivity index (χ4v) is 5.23. The Kier molecular flexibility index (Phi) is 9.79. The normalized spacial score (nSPS) is 14.0. The SMILES string of the molecule is CCOC(=O)CCCCn1c(=O)c2c(nc(CCC3CCN(C(=O)OCc4ccccc4)CC3)n2C)n(C)c1=O. The summed E-state index contributed by atoms with van der Waals surface area (Å²) in [4.78, 5) is 56.6. The highest BCUT2D eigenvalue weighted by molar-refractivity contribution is 5.71. The molecular formula is C29H39N5O6. The van der Waals surface area contributed by atoms with E-state index in [4.69, 9.17) is 9.47 Å². The lowest BCUT2D eigenvalue weighted by Crippen LogP contribution is -2.39. The summed E-state index contributed by atoms with van der Waals surface area (Å²) in [5, 5.41) is 0. The Hall–Kier alpha value is -3.89. The largest absolute Gasteiger partial charge is 0.466 e. The third-order valence-electron chi connectivity index (χ3n) is 7.62. The topological polar surface area (TPSA) is 118 Å². The number of ether oxygens (including phenoxy) is 2. The minimum Gasteiger partial charge on any atom is -0.466 e. The molecule has 1 aliphatic heterocycles. The van der Waals surface area contributed by atoms with E-state index in [1.807, 2.05) is 37.4 Å². The van der Waals surface area contributed by atoms with Crippen LogP contribution in [0.5, 0.6) is 0 Å². The van der Waals surface area contributed by atoms with Crippen molar-refractivity contribution in [3.05, 3.63) is 62.6 Å². The molecular weight excluding hydrogens is 514 g/mol. The second kappa shape index (κ2) is 13.5. The van der Waals surface area contributed by atoms with Gasteiger partial charge in [0.25, 0.3) is 5.56 Å². The molecule has 0 N–H and O–H groups in total. The van der Waals surface area contributed by atoms with Gasteiger partial charge in [-0.15, -0.1) is 0 Å². The quantitative estimate of drug-likeness (QED) is 0.264. The van der Waals surface area contributed by atoms with Gasteiger partial charge in [0.15, 0.2) is 11.2 Å². The average Bonchev–Trinajstić information content (AvgIpc) is 3.30. The van der Waals surface area contributed by atoms with Gasteiger partial charge in [-0.3, -0.25) is 18.7 Å². The molecule has 11 nitrogen and oxygen atoms in total. The number of carbonyl (C=O) groups excluding carboxylic acids is 2. The molecule has 3 heterocycles. The first-order valence-corrected chi connectivity index (χ1v) is 14.1. The third-order valence-corrected chi connectivity index (χ3v) is 7.62. The van der Waals surface area contributed by atoms with Gasteiger partial charge >= 0.3 is 17.8 Å². The number of amides is 1. The smallest absolute Gasteiger partial charge is 0.410 e. The Balaban J connectivity index is 1.33. The molecule has 1 fully saturated rings. The van der Waals surface area contributed by atoms with Crippen molar-refractivity contribution in [2.45, 2.75) is 65.0 Å². The Morgan fingerprint density at radius 3 is 2.42 bits per heavy atom. The second-order valence-corrected chi connectivity index (χ2v) is 10.3. The van der Waals surface area contributed by atoms with Gasteiger partial charge in [0.2, 0.25) is 0 Å². The molecule has 1 saturated heterocycles. The van der Waals surface area contributed by atoms with Crippen LogP contribution in [-0.4, -0.2) is 55.3 Å². The number of carbonyl (C=O) groups is 2. The lowest BCUT2D eigenvalue weighted by Gasteiger charge is -2.31. The number of esters is 1. The summed E-state index contributed by atoms with van der Waals surface area (Å²) in [6.45, 7) is 3.89. The van der Waals surface area contributed by atoms with Crippen molar-refractivity contribution < 1.29 is 19.1 Å². The Labute approximate surface area is 233 Å². The molecule has 0 radical (unpaired) electrons. The molecule has 0 bridgehead atoms. The van der Waals surface area contributed by atoms with Crippen molar-refractivity contribution >= 4 is 23.2 Å². The Morgan fingerprint density at radius 1 is 1.00 bits per heavy atom. The maximum atomic E-state index is 13.3. The number of rotatable bonds is 11. The molecule has 2 aromatic heterocycles. The van der Waals surface area contributed by atoms with Crippen molar-refractivity contribution in [1.29, 1.82) is 0 Å². The summed E-state index contributed by atoms with van der Waals surface area (Å²) in [7, 11) is 3.44. The molecule has 1 aliphatic rings. The minimum absolute atomic E-state index is 0.230. The van der Waals surface area contributed by atoms with Crippen LogP contribution >= 0.6 is 0 Å². The number of aromatic nitrogens is 4. The predicted molar refractivity (Wildman–Crippen MR) is 150 cm³/mol. The molecule has 11 heteroatoms. The molecule has 1 amide bonds. The zero-order chi connectivity index (χ0) is 28.6. The molecule has 1 aromatic carbocycles. The van der Waals surface area contributed by atoms with Crippen molar-refractivity contribution in [3.8, 4) is 0 Å². The van der Waals surface area contributed by atoms with Crippen LogP contribution in [0.3, 0.4) is 0 Å². The monoisotopic (exact) mass is 553 g/mol. The van der Waals surface area contributed by atoms with E-state index in [1.165, 1.54) is 9.13 Å². The zero-order valence-electron chi connectivity index (χ0n) is 23.6. The maximum absolute atomic E-state index is 13.3. The van der Waals surface area contributed by atoms with Gasteiger partial charge in [-0.05, 0) is 50.5 Å². The fourth-order valence-electron chi connectivity index (χ4n) is 5.23. The van der Waals surface area contributed by atoms with Crippen LogP contribution in [0.4, 0.5) is 4.79 Å². The minimum atomic E-state index is -0.412. The highest BCUT2D eigenvalue weighted by Gasteiger charge is 2.25. The number of imidazole rings is 1. The Bertz CT molecular complexity index is 1430. The summed E-state index contributed by atoms with van der Waals surface area (Å²) >= 11 is 0. The van der Waals surface area contributed by atoms with Crippen LogP contribution in [0.15, 0.2) is 39.9 Å². The molecule has 216 valence electrons. The number of unbranched alkanes of at least 4 members (excludes halogenated alkanes) is 1. The molecule has 3 aromatic rings. The van der Waals surface area contributed by atoms with Crippen molar-refractivity contribution in [3.63, 3.8) is 0 Å². The van der Waals surface area contributed by atoms with E-state index < -0.39 is 5.69 Å². The molecule has 0 spiro atoms. The predicted octanol–water partition coefficient (Wildman–Crippen LogP) is 3.15. The highest BCUT2D eigenvalue weighted by Crippen LogP contribution is 2.23. The van der Waals surface area contributed by atoms with Gasteiger partial charge in [0.1, 0.15) is 12.4 Å². The van der Waals surface area contributed by atoms with Crippen molar-refractivity contribution in [2.75, 3.05) is 19.7 Å². The lowest BCUT2D eigenvalue weighted by atomic mass is 9.92. The van der Waals surface area contributed by atoms with E-state index in [0.717, 1.165) is 30.7 Å². The lowest BCUT2D eigenvalue weighted by molar-refractivity contribution is -0.143. The van der Waals surface area contributed by atoms with Crippen molar-refractivity contribution in [1.82, 2.24) is 23.6 Å². The van der Waals surface area contributed by atoms with Crippen LogP contribution in [0.25, 0.3) is 11.2 Å². The van der Waals surface area contributed by atoms with E-state index in [9.17, 15) is 19.2 Å². The van der Waals surface area contributed by atoms with E-state index in [2.05, 4.69) is 4.98 Å². The molecule has 0 unspecified atom stereocenters. The second-order valence-electron chi connectivity index (χ2n) is 10.3. The number of nitrogens with zero attached hydrogens (tertiary/aromatic N) is 5. The number of likely N-dealkylation sites (tertiary alicyclic amines) is 1. The highest BCUT2D eigenvalue weighted by atomic mass is 16.6. The maximum Gasteiger partial charge on any atom is 0.410 e. The summed E-state index contributed by atoms with van der Waals surface area (Å²) in [6.07, 6.45) is 4.32. The van der Waals surface area contributed by atoms with Crippen LogP contribution in [0.1, 0.15) is 56.8 Å². The fraction of sp³-hybridized carbons (Fsp3) is 0.552. The number of hydrogen-bond acceptors (Lipinski definition) is 7. The van der Waals surface area contributed by atoms with Crippen LogP contribution in [-0.2, 0) is 47.9 Å². The molecule has 40 heavy (non-hydrogen) atoms. The first kappa shape index (κ1) is 29.1. The number of aryl methyl sites for hydroxylation is 3. The number of fused-ring (bicyclic) bond motifs is 1. The van der Waals surface area contributed by atoms with Crippen LogP contribution in [0, 0.1) is 5.92 Å². The van der Waals surface area contributed by atoms with Crippen molar-refractivity contribution in [2.24, 2.45) is 20.0 Å². The van der Waals surface area contributed by atoms with E-state index in [-0.39, 0.29) is 37.2 Å². The molecule has 4 rings (SSSR count). The van der Waals surface area contributed by atoms with Gasteiger partial charge in [0, 0.05) is 46.6 Å². The van der Waals surface area contributed by atoms with Gasteiger partial charge < -0.3 is 18.9 Å². The van der Waals surface area contributed by atoms with Gasteiger partial charge in [0.05, 0.1) is 6.61 Å². The number of benzene rings is 1. The van der Waals surface area contributed by atoms with E-state index in [0.29, 0.717) is 56.0 Å². The molecule has 0 aliphatic carbocycles. The van der Waals surface area contributed by atoms with Crippen LogP contribution in [0.2, 0.25) is 0 Å². The summed E-state index contributed by atoms with van der Waals surface area (Å²) in [5.41, 5.74) is 0.971. The summed E-state index contributed by atoms with van der Waals surface area (Å²) < 4.78 is 14.8. The van der Waals surface area contributed by atoms with E-state index in [1.54, 1.807) is 23.4 Å². The first-order chi connectivity index (χ1) is 19.3. The standard InChI is InChI=1S/C29H39N5O6/c1-4-39-24(35)12-8-9-17-34-27(36)25-26(32(3)28(34)37)30-23(31(25)2)14-13-21-15-18-33(19-16-21)29(38)40-20-22-10-6-5-7-11-22/h5-7,10-11,21H,4,8-9,12-20H2,1-3H3. The molecule has 0 atom stereocenters. The molecule has 0 saturated carbocycles. The Morgan fingerprint density at radius 2 is 1.73 bits per heavy atom. The first-order valence-electron chi connectivity index (χ1n) is 14.1. The van der Waals surface area contributed by atoms with Gasteiger partial charge in [-0.25, -0.2) is 14.6 Å². The number of hydrogen-bond donors (Lipinski definition) is 0. The van der Waals surface area contributed by atoms with E-state index >= 15 is 0 Å². The summed E-state index contributed by atoms with van der Waals surface area (Å²) in [5.74, 6) is 0.910. The number of piperidine rings is 1. The zero-order valence-corrected chi connectivity index (χ0v) is 23.6. The van der Waals surface area contributed by atoms with Crippen LogP contribution < -0.4 is 11.2 Å². The van der Waals surface area contributed by atoms with Gasteiger partial charge in [-0.1, -0.05) is 30.3 Å². The third kappa shape index (κ3) is 6.81. The van der Waals surface area contributed by atoms with Gasteiger partial charge in [-0.2, -0.15) is 0 Å².